The number of amides is 1. The van der Waals surface area contributed by atoms with Crippen LogP contribution in [0.15, 0.2) is 17.9 Å². The van der Waals surface area contributed by atoms with E-state index in [1.807, 2.05) is 6.92 Å². The maximum Gasteiger partial charge on any atom is 0.271 e. The number of aryl methyl sites for hydroxylation is 1. The van der Waals surface area contributed by atoms with Gasteiger partial charge in [0.15, 0.2) is 0 Å². The van der Waals surface area contributed by atoms with Gasteiger partial charge in [-0.1, -0.05) is 18.3 Å². The Morgan fingerprint density at radius 1 is 1.36 bits per heavy atom. The van der Waals surface area contributed by atoms with Crippen LogP contribution in [0.2, 0.25) is 0 Å². The quantitative estimate of drug-likeness (QED) is 0.914. The molecule has 116 valence electrons. The van der Waals surface area contributed by atoms with Crippen molar-refractivity contribution in [2.24, 2.45) is 0 Å². The molecule has 0 bridgehead atoms. The van der Waals surface area contributed by atoms with E-state index in [1.165, 1.54) is 0 Å². The van der Waals surface area contributed by atoms with Crippen LogP contribution in [0.5, 0.6) is 0 Å². The standard InChI is InChI=1S/C14H18N6OS/c1-2-11-12(16-6-5-15-11)13(21)18-10-3-7-20(8-4-10)14-19-17-9-22-14/h5-6,9-10H,2-4,7-8H2,1H3,(H,18,21). The Kier molecular flexibility index (Phi) is 4.57. The molecule has 3 heterocycles. The second-order valence-electron chi connectivity index (χ2n) is 5.16. The topological polar surface area (TPSA) is 83.9 Å². The van der Waals surface area contributed by atoms with Crippen molar-refractivity contribution < 1.29 is 4.79 Å². The summed E-state index contributed by atoms with van der Waals surface area (Å²) in [5, 5.41) is 12.0. The van der Waals surface area contributed by atoms with Crippen LogP contribution in [0.3, 0.4) is 0 Å². The highest BCUT2D eigenvalue weighted by molar-refractivity contribution is 7.13. The second-order valence-corrected chi connectivity index (χ2v) is 5.97. The van der Waals surface area contributed by atoms with Gasteiger partial charge in [0.25, 0.3) is 5.91 Å². The van der Waals surface area contributed by atoms with Crippen molar-refractivity contribution >= 4 is 22.4 Å². The van der Waals surface area contributed by atoms with Crippen molar-refractivity contribution in [3.63, 3.8) is 0 Å². The number of nitrogens with zero attached hydrogens (tertiary/aromatic N) is 5. The van der Waals surface area contributed by atoms with Gasteiger partial charge in [-0.25, -0.2) is 4.98 Å². The summed E-state index contributed by atoms with van der Waals surface area (Å²) in [6.07, 6.45) is 5.68. The predicted molar refractivity (Wildman–Crippen MR) is 84.0 cm³/mol. The minimum absolute atomic E-state index is 0.126. The van der Waals surface area contributed by atoms with E-state index in [-0.39, 0.29) is 11.9 Å². The van der Waals surface area contributed by atoms with Crippen molar-refractivity contribution in [3.05, 3.63) is 29.3 Å². The van der Waals surface area contributed by atoms with Crippen molar-refractivity contribution in [1.82, 2.24) is 25.5 Å². The zero-order valence-corrected chi connectivity index (χ0v) is 13.2. The van der Waals surface area contributed by atoms with E-state index in [4.69, 9.17) is 0 Å². The maximum atomic E-state index is 12.4. The summed E-state index contributed by atoms with van der Waals surface area (Å²) in [5.41, 5.74) is 2.92. The summed E-state index contributed by atoms with van der Waals surface area (Å²) in [5.74, 6) is -0.126. The lowest BCUT2D eigenvalue weighted by molar-refractivity contribution is 0.0924. The third-order valence-corrected chi connectivity index (χ3v) is 4.52. The molecule has 0 unspecified atom stereocenters. The third-order valence-electron chi connectivity index (χ3n) is 3.77. The molecular formula is C14H18N6OS. The monoisotopic (exact) mass is 318 g/mol. The number of carbonyl (C=O) groups is 1. The number of hydrogen-bond acceptors (Lipinski definition) is 7. The molecule has 1 aliphatic heterocycles. The molecule has 1 aliphatic rings. The van der Waals surface area contributed by atoms with E-state index in [0.29, 0.717) is 12.1 Å². The second kappa shape index (κ2) is 6.78. The lowest BCUT2D eigenvalue weighted by atomic mass is 10.1. The lowest BCUT2D eigenvalue weighted by Crippen LogP contribution is -2.45. The Hall–Kier alpha value is -2.09. The molecule has 0 atom stereocenters. The highest BCUT2D eigenvalue weighted by Crippen LogP contribution is 2.21. The lowest BCUT2D eigenvalue weighted by Gasteiger charge is -2.31. The van der Waals surface area contributed by atoms with Crippen molar-refractivity contribution in [2.45, 2.75) is 32.2 Å². The summed E-state index contributed by atoms with van der Waals surface area (Å²) in [7, 11) is 0. The van der Waals surface area contributed by atoms with E-state index < -0.39 is 0 Å². The Labute approximate surface area is 132 Å². The molecule has 0 radical (unpaired) electrons. The maximum absolute atomic E-state index is 12.4. The Morgan fingerprint density at radius 3 is 2.82 bits per heavy atom. The molecule has 1 fully saturated rings. The highest BCUT2D eigenvalue weighted by Gasteiger charge is 2.23. The van der Waals surface area contributed by atoms with Gasteiger partial charge in [0.2, 0.25) is 5.13 Å². The molecule has 1 N–H and O–H groups in total. The molecule has 22 heavy (non-hydrogen) atoms. The Bertz CT molecular complexity index is 624. The van der Waals surface area contributed by atoms with Crippen molar-refractivity contribution in [2.75, 3.05) is 18.0 Å². The van der Waals surface area contributed by atoms with Crippen LogP contribution in [0.25, 0.3) is 0 Å². The first-order valence-corrected chi connectivity index (χ1v) is 8.27. The fourth-order valence-electron chi connectivity index (χ4n) is 2.59. The number of aromatic nitrogens is 4. The van der Waals surface area contributed by atoms with Crippen molar-refractivity contribution in [3.8, 4) is 0 Å². The molecule has 0 spiro atoms. The van der Waals surface area contributed by atoms with E-state index in [0.717, 1.165) is 36.8 Å². The predicted octanol–water partition coefficient (Wildman–Crippen LogP) is 1.29. The molecule has 3 rings (SSSR count). The van der Waals surface area contributed by atoms with Gasteiger partial charge in [0.05, 0.1) is 5.69 Å². The third kappa shape index (κ3) is 3.22. The van der Waals surface area contributed by atoms with Crippen LogP contribution in [-0.4, -0.2) is 45.2 Å². The van der Waals surface area contributed by atoms with Crippen molar-refractivity contribution in [1.29, 1.82) is 0 Å². The van der Waals surface area contributed by atoms with E-state index >= 15 is 0 Å². The fraction of sp³-hybridized carbons (Fsp3) is 0.500. The molecular weight excluding hydrogens is 300 g/mol. The zero-order chi connectivity index (χ0) is 15.4. The molecule has 2 aromatic rings. The number of piperidine rings is 1. The van der Waals surface area contributed by atoms with Crippen LogP contribution in [0.1, 0.15) is 35.9 Å². The molecule has 1 amide bonds. The van der Waals surface area contributed by atoms with E-state index in [9.17, 15) is 4.79 Å². The molecule has 7 nitrogen and oxygen atoms in total. The minimum atomic E-state index is -0.126. The molecule has 0 saturated carbocycles. The van der Waals surface area contributed by atoms with Gasteiger partial charge in [-0.05, 0) is 19.3 Å². The number of hydrogen-bond donors (Lipinski definition) is 1. The molecule has 0 aromatic carbocycles. The van der Waals surface area contributed by atoms with Crippen LogP contribution in [-0.2, 0) is 6.42 Å². The van der Waals surface area contributed by atoms with Crippen LogP contribution >= 0.6 is 11.3 Å². The summed E-state index contributed by atoms with van der Waals surface area (Å²) in [4.78, 5) is 22.9. The van der Waals surface area contributed by atoms with Gasteiger partial charge in [-0.15, -0.1) is 10.2 Å². The highest BCUT2D eigenvalue weighted by atomic mass is 32.1. The number of anilines is 1. The number of rotatable bonds is 4. The first kappa shape index (κ1) is 14.8. The molecule has 8 heteroatoms. The summed E-state index contributed by atoms with van der Waals surface area (Å²) in [6.45, 7) is 3.73. The van der Waals surface area contributed by atoms with Gasteiger partial charge in [0, 0.05) is 31.5 Å². The van der Waals surface area contributed by atoms with Gasteiger partial charge < -0.3 is 10.2 Å². The minimum Gasteiger partial charge on any atom is -0.348 e. The number of nitrogens with one attached hydrogen (secondary N) is 1. The summed E-state index contributed by atoms with van der Waals surface area (Å²) >= 11 is 1.54. The van der Waals surface area contributed by atoms with Gasteiger partial charge in [0.1, 0.15) is 11.2 Å². The Morgan fingerprint density at radius 2 is 2.14 bits per heavy atom. The average Bonchev–Trinajstić information content (AvgIpc) is 3.10. The van der Waals surface area contributed by atoms with Gasteiger partial charge in [-0.3, -0.25) is 9.78 Å². The summed E-state index contributed by atoms with van der Waals surface area (Å²) in [6, 6.07) is 0.170. The summed E-state index contributed by atoms with van der Waals surface area (Å²) < 4.78 is 0. The average molecular weight is 318 g/mol. The first-order chi connectivity index (χ1) is 10.8. The van der Waals surface area contributed by atoms with Gasteiger partial charge >= 0.3 is 0 Å². The Balaban J connectivity index is 1.57. The number of carbonyl (C=O) groups excluding carboxylic acids is 1. The molecule has 1 saturated heterocycles. The van der Waals surface area contributed by atoms with E-state index in [2.05, 4.69) is 30.4 Å². The van der Waals surface area contributed by atoms with Gasteiger partial charge in [-0.2, -0.15) is 0 Å². The van der Waals surface area contributed by atoms with Crippen LogP contribution in [0.4, 0.5) is 5.13 Å². The first-order valence-electron chi connectivity index (χ1n) is 7.39. The van der Waals surface area contributed by atoms with E-state index in [1.54, 1.807) is 29.2 Å². The zero-order valence-electron chi connectivity index (χ0n) is 12.4. The van der Waals surface area contributed by atoms with Crippen LogP contribution in [0, 0.1) is 0 Å². The normalized spacial score (nSPS) is 15.8. The smallest absolute Gasteiger partial charge is 0.271 e. The fourth-order valence-corrected chi connectivity index (χ4v) is 3.20. The largest absolute Gasteiger partial charge is 0.348 e. The van der Waals surface area contributed by atoms with Crippen LogP contribution < -0.4 is 10.2 Å². The SMILES string of the molecule is CCc1nccnc1C(=O)NC1CCN(c2nncs2)CC1. The molecule has 2 aromatic heterocycles. The molecule has 0 aliphatic carbocycles.